The number of anilines is 1. The number of ketones is 1. The number of hydrogen-bond donors (Lipinski definition) is 3. The summed E-state index contributed by atoms with van der Waals surface area (Å²) in [5.74, 6) is -1.81. The van der Waals surface area contributed by atoms with Crippen molar-refractivity contribution < 1.29 is 23.5 Å². The van der Waals surface area contributed by atoms with Crippen molar-refractivity contribution in [1.29, 1.82) is 5.41 Å². The van der Waals surface area contributed by atoms with E-state index in [1.807, 2.05) is 0 Å². The zero-order valence-electron chi connectivity index (χ0n) is 18.9. The number of Topliss-reactive ketones (excluding diaryl/α,β-unsaturated/α-hetero) is 1. The van der Waals surface area contributed by atoms with Crippen LogP contribution in [0, 0.1) is 11.2 Å². The first-order valence-corrected chi connectivity index (χ1v) is 11.1. The van der Waals surface area contributed by atoms with Gasteiger partial charge >= 0.3 is 0 Å². The van der Waals surface area contributed by atoms with E-state index in [1.165, 1.54) is 31.1 Å². The average Bonchev–Trinajstić information content (AvgIpc) is 3.27. The maximum atomic E-state index is 14.2. The number of carbonyl (C=O) groups excluding carboxylic acids is 3. The third kappa shape index (κ3) is 5.60. The number of para-hydroxylation sites is 1. The summed E-state index contributed by atoms with van der Waals surface area (Å²) in [6.07, 6.45) is -0.0384. The smallest absolute Gasteiger partial charge is 0.245 e. The Balaban J connectivity index is 1.69. The molecule has 0 aromatic heterocycles. The number of hydrogen-bond acceptors (Lipinski definition) is 6. The van der Waals surface area contributed by atoms with E-state index >= 15 is 0 Å². The van der Waals surface area contributed by atoms with Gasteiger partial charge in [-0.15, -0.1) is 0 Å². The van der Waals surface area contributed by atoms with Gasteiger partial charge in [0, 0.05) is 43.9 Å². The summed E-state index contributed by atoms with van der Waals surface area (Å²) in [6, 6.07) is 10.4. The van der Waals surface area contributed by atoms with E-state index in [-0.39, 0.29) is 35.3 Å². The summed E-state index contributed by atoms with van der Waals surface area (Å²) < 4.78 is 19.6. The molecule has 1 aliphatic heterocycles. The molecule has 1 heterocycles. The van der Waals surface area contributed by atoms with Crippen LogP contribution in [0.5, 0.6) is 0 Å². The van der Waals surface area contributed by atoms with Crippen molar-refractivity contribution in [1.82, 2.24) is 10.2 Å². The van der Waals surface area contributed by atoms with Crippen LogP contribution in [-0.2, 0) is 25.7 Å². The standard InChI is InChI=1S/C24H26ClFN4O4/c1-14(31)22(27)16-7-3-4-9-18(16)28-13-20(32)30-11-10-19(34-2)23(30)24(33)29-12-15-6-5-8-17(25)21(15)26/h3-9,19,23,27-28H,10-13H2,1-2H3,(H,29,33)/t19-,23+/m1/s1. The average molecular weight is 489 g/mol. The lowest BCUT2D eigenvalue weighted by Crippen LogP contribution is -2.51. The van der Waals surface area contributed by atoms with Crippen LogP contribution in [0.2, 0.25) is 5.02 Å². The first-order valence-electron chi connectivity index (χ1n) is 10.7. The molecule has 2 amide bonds. The second kappa shape index (κ2) is 11.2. The first kappa shape index (κ1) is 25.3. The van der Waals surface area contributed by atoms with Gasteiger partial charge < -0.3 is 20.3 Å². The summed E-state index contributed by atoms with van der Waals surface area (Å²) in [5, 5.41) is 13.6. The first-order chi connectivity index (χ1) is 16.2. The van der Waals surface area contributed by atoms with Crippen LogP contribution in [0.1, 0.15) is 24.5 Å². The highest BCUT2D eigenvalue weighted by molar-refractivity contribution is 6.45. The molecule has 0 aliphatic carbocycles. The molecule has 34 heavy (non-hydrogen) atoms. The second-order valence-electron chi connectivity index (χ2n) is 7.86. The second-order valence-corrected chi connectivity index (χ2v) is 8.26. The molecule has 2 atom stereocenters. The number of rotatable bonds is 9. The molecule has 2 aromatic carbocycles. The van der Waals surface area contributed by atoms with Gasteiger partial charge in [0.15, 0.2) is 5.78 Å². The lowest BCUT2D eigenvalue weighted by molar-refractivity contribution is -0.140. The molecule has 2 aromatic rings. The van der Waals surface area contributed by atoms with Crippen LogP contribution in [0.4, 0.5) is 10.1 Å². The van der Waals surface area contributed by atoms with E-state index < -0.39 is 29.7 Å². The molecular formula is C24H26ClFN4O4. The van der Waals surface area contributed by atoms with Gasteiger partial charge in [0.05, 0.1) is 17.7 Å². The van der Waals surface area contributed by atoms with E-state index in [0.717, 1.165) is 0 Å². The molecule has 8 nitrogen and oxygen atoms in total. The highest BCUT2D eigenvalue weighted by Crippen LogP contribution is 2.23. The minimum absolute atomic E-state index is 0.0385. The third-order valence-corrected chi connectivity index (χ3v) is 5.99. The van der Waals surface area contributed by atoms with Crippen LogP contribution in [0.15, 0.2) is 42.5 Å². The lowest BCUT2D eigenvalue weighted by atomic mass is 10.1. The molecule has 0 unspecified atom stereocenters. The maximum Gasteiger partial charge on any atom is 0.245 e. The number of ether oxygens (including phenoxy) is 1. The number of nitrogens with one attached hydrogen (secondary N) is 3. The third-order valence-electron chi connectivity index (χ3n) is 5.70. The highest BCUT2D eigenvalue weighted by atomic mass is 35.5. The Morgan fingerprint density at radius 1 is 1.21 bits per heavy atom. The number of nitrogens with zero attached hydrogens (tertiary/aromatic N) is 1. The van der Waals surface area contributed by atoms with Gasteiger partial charge in [-0.1, -0.05) is 41.9 Å². The molecule has 180 valence electrons. The predicted octanol–water partition coefficient (Wildman–Crippen LogP) is 2.78. The molecule has 0 radical (unpaired) electrons. The van der Waals surface area contributed by atoms with E-state index in [4.69, 9.17) is 21.7 Å². The van der Waals surface area contributed by atoms with Crippen molar-refractivity contribution >= 4 is 40.6 Å². The fourth-order valence-electron chi connectivity index (χ4n) is 3.89. The van der Waals surface area contributed by atoms with Crippen molar-refractivity contribution in [3.05, 3.63) is 64.4 Å². The molecule has 0 bridgehead atoms. The largest absolute Gasteiger partial charge is 0.379 e. The molecule has 0 saturated carbocycles. The predicted molar refractivity (Wildman–Crippen MR) is 127 cm³/mol. The van der Waals surface area contributed by atoms with Gasteiger partial charge in [0.2, 0.25) is 11.8 Å². The zero-order valence-corrected chi connectivity index (χ0v) is 19.6. The Hall–Kier alpha value is -3.30. The number of likely N-dealkylation sites (tertiary alicyclic amines) is 1. The monoisotopic (exact) mass is 488 g/mol. The molecule has 0 spiro atoms. The fourth-order valence-corrected chi connectivity index (χ4v) is 4.08. The van der Waals surface area contributed by atoms with Gasteiger partial charge in [0.1, 0.15) is 17.6 Å². The number of halogens is 2. The molecule has 10 heteroatoms. The Morgan fingerprint density at radius 3 is 2.65 bits per heavy atom. The van der Waals surface area contributed by atoms with Crippen molar-refractivity contribution in [3.8, 4) is 0 Å². The maximum absolute atomic E-state index is 14.2. The topological polar surface area (TPSA) is 112 Å². The van der Waals surface area contributed by atoms with Gasteiger partial charge in [-0.2, -0.15) is 0 Å². The van der Waals surface area contributed by atoms with Gasteiger partial charge in [-0.05, 0) is 18.6 Å². The molecule has 3 N–H and O–H groups in total. The Labute approximate surface area is 201 Å². The van der Waals surface area contributed by atoms with Crippen LogP contribution >= 0.6 is 11.6 Å². The normalized spacial score (nSPS) is 17.4. The quantitative estimate of drug-likeness (QED) is 0.470. The van der Waals surface area contributed by atoms with E-state index in [2.05, 4.69) is 10.6 Å². The van der Waals surface area contributed by atoms with Crippen molar-refractivity contribution in [2.45, 2.75) is 32.0 Å². The van der Waals surface area contributed by atoms with E-state index in [9.17, 15) is 18.8 Å². The molecular weight excluding hydrogens is 463 g/mol. The van der Waals surface area contributed by atoms with Gasteiger partial charge in [-0.25, -0.2) is 4.39 Å². The Morgan fingerprint density at radius 2 is 1.94 bits per heavy atom. The number of carbonyl (C=O) groups is 3. The van der Waals surface area contributed by atoms with Crippen LogP contribution in [0.3, 0.4) is 0 Å². The molecule has 1 aliphatic rings. The summed E-state index contributed by atoms with van der Waals surface area (Å²) in [4.78, 5) is 39.0. The zero-order chi connectivity index (χ0) is 24.8. The lowest BCUT2D eigenvalue weighted by Gasteiger charge is -2.27. The number of amides is 2. The summed E-state index contributed by atoms with van der Waals surface area (Å²) in [6.45, 7) is 1.38. The minimum Gasteiger partial charge on any atom is -0.379 e. The van der Waals surface area contributed by atoms with Crippen molar-refractivity contribution in [3.63, 3.8) is 0 Å². The van der Waals surface area contributed by atoms with Gasteiger partial charge in [0.25, 0.3) is 0 Å². The SMILES string of the molecule is CO[C@@H]1CCN(C(=O)CNc2ccccc2C(=N)C(C)=O)[C@@H]1C(=O)NCc1cccc(Cl)c1F. The van der Waals surface area contributed by atoms with Crippen molar-refractivity contribution in [2.24, 2.45) is 0 Å². The number of methoxy groups -OCH3 is 1. The van der Waals surface area contributed by atoms with E-state index in [1.54, 1.807) is 30.3 Å². The van der Waals surface area contributed by atoms with Crippen molar-refractivity contribution in [2.75, 3.05) is 25.5 Å². The molecule has 1 saturated heterocycles. The van der Waals surface area contributed by atoms with Gasteiger partial charge in [-0.3, -0.25) is 19.8 Å². The Kier molecular flexibility index (Phi) is 8.36. The molecule has 3 rings (SSSR count). The van der Waals surface area contributed by atoms with Crippen LogP contribution in [-0.4, -0.2) is 60.6 Å². The summed E-state index contributed by atoms with van der Waals surface area (Å²) in [7, 11) is 1.47. The highest BCUT2D eigenvalue weighted by Gasteiger charge is 2.41. The Bertz CT molecular complexity index is 1110. The minimum atomic E-state index is -0.882. The van der Waals surface area contributed by atoms with Crippen LogP contribution in [0.25, 0.3) is 0 Å². The summed E-state index contributed by atoms with van der Waals surface area (Å²) >= 11 is 5.80. The fraction of sp³-hybridized carbons (Fsp3) is 0.333. The van der Waals surface area contributed by atoms with Crippen LogP contribution < -0.4 is 10.6 Å². The molecule has 1 fully saturated rings. The van der Waals surface area contributed by atoms with E-state index in [0.29, 0.717) is 24.2 Å². The number of benzene rings is 2. The summed E-state index contributed by atoms with van der Waals surface area (Å²) in [5.41, 5.74) is 0.923.